The summed E-state index contributed by atoms with van der Waals surface area (Å²) in [6.45, 7) is 0. The Morgan fingerprint density at radius 1 is 1.29 bits per heavy atom. The number of nitrogens with one attached hydrogen (secondary N) is 1. The van der Waals surface area contributed by atoms with Crippen molar-refractivity contribution < 1.29 is 18.1 Å². The highest BCUT2D eigenvalue weighted by atomic mass is 32.2. The number of benzene rings is 2. The second-order valence-electron chi connectivity index (χ2n) is 4.63. The molecule has 24 heavy (non-hydrogen) atoms. The highest BCUT2D eigenvalue weighted by molar-refractivity contribution is 7.89. The zero-order valence-corrected chi connectivity index (χ0v) is 13.4. The third-order valence-corrected chi connectivity index (χ3v) is 3.90. The molecule has 0 saturated heterocycles. The lowest BCUT2D eigenvalue weighted by Gasteiger charge is -2.04. The first-order valence-corrected chi connectivity index (χ1v) is 8.10. The SMILES string of the molecule is COc1cccc(C=NNc2ccc(S(N)(=O)=O)cc2[N+](=O)[O-])c1. The summed E-state index contributed by atoms with van der Waals surface area (Å²) in [6, 6.07) is 10.3. The molecular formula is C14H14N4O5S. The minimum atomic E-state index is -4.03. The van der Waals surface area contributed by atoms with Gasteiger partial charge in [-0.05, 0) is 29.8 Å². The quantitative estimate of drug-likeness (QED) is 0.462. The van der Waals surface area contributed by atoms with Gasteiger partial charge in [0.2, 0.25) is 10.0 Å². The molecule has 0 fully saturated rings. The van der Waals surface area contributed by atoms with Gasteiger partial charge in [0, 0.05) is 6.07 Å². The summed E-state index contributed by atoms with van der Waals surface area (Å²) in [6.07, 6.45) is 1.44. The van der Waals surface area contributed by atoms with Crippen LogP contribution in [-0.2, 0) is 10.0 Å². The predicted octanol–water partition coefficient (Wildman–Crippen LogP) is 1.70. The Balaban J connectivity index is 2.26. The molecule has 0 aliphatic carbocycles. The number of hydrogen-bond acceptors (Lipinski definition) is 7. The van der Waals surface area contributed by atoms with E-state index in [4.69, 9.17) is 9.88 Å². The van der Waals surface area contributed by atoms with Crippen molar-refractivity contribution in [2.24, 2.45) is 10.2 Å². The van der Waals surface area contributed by atoms with Gasteiger partial charge in [0.15, 0.2) is 0 Å². The molecule has 0 bridgehead atoms. The molecular weight excluding hydrogens is 336 g/mol. The Labute approximate surface area is 138 Å². The monoisotopic (exact) mass is 350 g/mol. The number of rotatable bonds is 6. The van der Waals surface area contributed by atoms with Gasteiger partial charge < -0.3 is 4.74 Å². The van der Waals surface area contributed by atoms with Crippen molar-refractivity contribution in [2.45, 2.75) is 4.90 Å². The van der Waals surface area contributed by atoms with Crippen LogP contribution in [0.1, 0.15) is 5.56 Å². The van der Waals surface area contributed by atoms with Crippen LogP contribution in [0.4, 0.5) is 11.4 Å². The van der Waals surface area contributed by atoms with E-state index in [1.807, 2.05) is 0 Å². The Morgan fingerprint density at radius 2 is 2.04 bits per heavy atom. The maximum atomic E-state index is 11.3. The number of sulfonamides is 1. The summed E-state index contributed by atoms with van der Waals surface area (Å²) in [5.41, 5.74) is 2.80. The number of ether oxygens (including phenoxy) is 1. The minimum Gasteiger partial charge on any atom is -0.497 e. The van der Waals surface area contributed by atoms with Gasteiger partial charge in [-0.3, -0.25) is 15.5 Å². The molecule has 2 aromatic rings. The molecule has 2 rings (SSSR count). The second kappa shape index (κ2) is 7.06. The van der Waals surface area contributed by atoms with Crippen molar-refractivity contribution in [3.63, 3.8) is 0 Å². The van der Waals surface area contributed by atoms with E-state index in [-0.39, 0.29) is 10.6 Å². The van der Waals surface area contributed by atoms with Gasteiger partial charge in [0.25, 0.3) is 5.69 Å². The molecule has 126 valence electrons. The lowest BCUT2D eigenvalue weighted by molar-refractivity contribution is -0.384. The summed E-state index contributed by atoms with van der Waals surface area (Å²) in [7, 11) is -2.50. The molecule has 0 unspecified atom stereocenters. The fourth-order valence-corrected chi connectivity index (χ4v) is 2.37. The average molecular weight is 350 g/mol. The molecule has 0 spiro atoms. The van der Waals surface area contributed by atoms with E-state index in [2.05, 4.69) is 10.5 Å². The number of methoxy groups -OCH3 is 1. The number of nitrogens with zero attached hydrogens (tertiary/aromatic N) is 2. The fraction of sp³-hybridized carbons (Fsp3) is 0.0714. The largest absolute Gasteiger partial charge is 0.497 e. The van der Waals surface area contributed by atoms with E-state index >= 15 is 0 Å². The number of hydrazone groups is 1. The van der Waals surface area contributed by atoms with Crippen LogP contribution in [0.3, 0.4) is 0 Å². The standard InChI is InChI=1S/C14H14N4O5S/c1-23-11-4-2-3-10(7-11)9-16-17-13-6-5-12(24(15,21)22)8-14(13)18(19)20/h2-9,17H,1H3,(H2,15,21,22). The summed E-state index contributed by atoms with van der Waals surface area (Å²) in [4.78, 5) is 10.0. The number of anilines is 1. The van der Waals surface area contributed by atoms with E-state index in [1.54, 1.807) is 24.3 Å². The van der Waals surface area contributed by atoms with Crippen LogP contribution in [0.25, 0.3) is 0 Å². The Kier molecular flexibility index (Phi) is 5.11. The van der Waals surface area contributed by atoms with Crippen LogP contribution < -0.4 is 15.3 Å². The van der Waals surface area contributed by atoms with Crippen LogP contribution in [0.5, 0.6) is 5.75 Å². The fourth-order valence-electron chi connectivity index (χ4n) is 1.83. The molecule has 0 amide bonds. The minimum absolute atomic E-state index is 0.0338. The maximum absolute atomic E-state index is 11.3. The molecule has 0 radical (unpaired) electrons. The van der Waals surface area contributed by atoms with Gasteiger partial charge in [-0.25, -0.2) is 13.6 Å². The van der Waals surface area contributed by atoms with Crippen LogP contribution in [0.2, 0.25) is 0 Å². The summed E-state index contributed by atoms with van der Waals surface area (Å²) >= 11 is 0. The third kappa shape index (κ3) is 4.27. The third-order valence-electron chi connectivity index (χ3n) is 2.99. The van der Waals surface area contributed by atoms with E-state index in [0.717, 1.165) is 12.1 Å². The topological polar surface area (TPSA) is 137 Å². The van der Waals surface area contributed by atoms with Gasteiger partial charge in [-0.1, -0.05) is 12.1 Å². The molecule has 0 saturated carbocycles. The van der Waals surface area contributed by atoms with Crippen molar-refractivity contribution in [2.75, 3.05) is 12.5 Å². The molecule has 0 aliphatic rings. The van der Waals surface area contributed by atoms with E-state index in [1.165, 1.54) is 19.4 Å². The van der Waals surface area contributed by atoms with Crippen molar-refractivity contribution >= 4 is 27.6 Å². The molecule has 3 N–H and O–H groups in total. The smallest absolute Gasteiger partial charge is 0.295 e. The van der Waals surface area contributed by atoms with Crippen LogP contribution in [0, 0.1) is 10.1 Å². The number of primary sulfonamides is 1. The summed E-state index contributed by atoms with van der Waals surface area (Å²) in [5, 5.41) is 20.0. The van der Waals surface area contributed by atoms with Gasteiger partial charge in [0.05, 0.1) is 23.1 Å². The zero-order valence-electron chi connectivity index (χ0n) is 12.5. The summed E-state index contributed by atoms with van der Waals surface area (Å²) < 4.78 is 27.6. The molecule has 0 heterocycles. The van der Waals surface area contributed by atoms with Crippen molar-refractivity contribution in [3.05, 3.63) is 58.1 Å². The molecule has 10 heteroatoms. The molecule has 0 aromatic heterocycles. The molecule has 9 nitrogen and oxygen atoms in total. The van der Waals surface area contributed by atoms with Gasteiger partial charge in [0.1, 0.15) is 11.4 Å². The van der Waals surface area contributed by atoms with E-state index in [0.29, 0.717) is 11.3 Å². The number of nitro benzene ring substituents is 1. The van der Waals surface area contributed by atoms with Crippen molar-refractivity contribution in [1.29, 1.82) is 0 Å². The van der Waals surface area contributed by atoms with E-state index in [9.17, 15) is 18.5 Å². The molecule has 2 aromatic carbocycles. The predicted molar refractivity (Wildman–Crippen MR) is 88.7 cm³/mol. The Morgan fingerprint density at radius 3 is 2.67 bits per heavy atom. The van der Waals surface area contributed by atoms with Crippen molar-refractivity contribution in [3.8, 4) is 5.75 Å². The Hall–Kier alpha value is -2.98. The molecule has 0 aliphatic heterocycles. The van der Waals surface area contributed by atoms with Crippen molar-refractivity contribution in [1.82, 2.24) is 0 Å². The second-order valence-corrected chi connectivity index (χ2v) is 6.19. The lowest BCUT2D eigenvalue weighted by Crippen LogP contribution is -2.12. The maximum Gasteiger partial charge on any atom is 0.295 e. The highest BCUT2D eigenvalue weighted by Gasteiger charge is 2.18. The molecule has 0 atom stereocenters. The Bertz CT molecular complexity index is 896. The average Bonchev–Trinajstić information content (AvgIpc) is 2.54. The first-order valence-electron chi connectivity index (χ1n) is 6.55. The van der Waals surface area contributed by atoms with E-state index < -0.39 is 20.6 Å². The number of nitro groups is 1. The van der Waals surface area contributed by atoms with Crippen LogP contribution in [0.15, 0.2) is 52.5 Å². The first kappa shape index (κ1) is 17.4. The van der Waals surface area contributed by atoms with Crippen LogP contribution >= 0.6 is 0 Å². The lowest BCUT2D eigenvalue weighted by atomic mass is 10.2. The normalized spacial score (nSPS) is 11.4. The first-order chi connectivity index (χ1) is 11.3. The number of hydrogen-bond donors (Lipinski definition) is 2. The zero-order chi connectivity index (χ0) is 17.7. The van der Waals surface area contributed by atoms with Gasteiger partial charge in [-0.2, -0.15) is 5.10 Å². The highest BCUT2D eigenvalue weighted by Crippen LogP contribution is 2.27. The van der Waals surface area contributed by atoms with Crippen LogP contribution in [-0.4, -0.2) is 26.7 Å². The summed E-state index contributed by atoms with van der Waals surface area (Å²) in [5.74, 6) is 0.641. The number of nitrogens with two attached hydrogens (primary N) is 1. The van der Waals surface area contributed by atoms with Gasteiger partial charge >= 0.3 is 0 Å². The van der Waals surface area contributed by atoms with Gasteiger partial charge in [-0.15, -0.1) is 0 Å².